The highest BCUT2D eigenvalue weighted by Gasteiger charge is 2.09. The van der Waals surface area contributed by atoms with Crippen molar-refractivity contribution in [3.05, 3.63) is 0 Å². The van der Waals surface area contributed by atoms with Gasteiger partial charge in [0.15, 0.2) is 0 Å². The van der Waals surface area contributed by atoms with Crippen LogP contribution in [0.25, 0.3) is 0 Å². The van der Waals surface area contributed by atoms with Crippen LogP contribution in [-0.4, -0.2) is 34.7 Å². The Hall–Kier alpha value is -0.420. The molecule has 0 spiro atoms. The van der Waals surface area contributed by atoms with Crippen molar-refractivity contribution < 1.29 is 9.00 Å². The SMILES string of the molecule is CC[C@@H](N)C(=O)NCCS(C)=O. The lowest BCUT2D eigenvalue weighted by atomic mass is 10.2. The number of nitrogens with one attached hydrogen (secondary N) is 1. The fraction of sp³-hybridized carbons (Fsp3) is 0.857. The molecule has 0 aliphatic heterocycles. The van der Waals surface area contributed by atoms with Crippen molar-refractivity contribution in [2.24, 2.45) is 5.73 Å². The zero-order chi connectivity index (χ0) is 9.56. The zero-order valence-corrected chi connectivity index (χ0v) is 8.32. The largest absolute Gasteiger partial charge is 0.354 e. The first-order chi connectivity index (χ1) is 5.57. The Kier molecular flexibility index (Phi) is 5.92. The van der Waals surface area contributed by atoms with Crippen molar-refractivity contribution in [2.75, 3.05) is 18.6 Å². The predicted octanol–water partition coefficient (Wildman–Crippen LogP) is -0.782. The molecule has 0 aliphatic rings. The van der Waals surface area contributed by atoms with Crippen LogP contribution in [-0.2, 0) is 15.6 Å². The van der Waals surface area contributed by atoms with Gasteiger partial charge in [0.25, 0.3) is 0 Å². The van der Waals surface area contributed by atoms with Gasteiger partial charge in [0, 0.05) is 29.4 Å². The first-order valence-electron chi connectivity index (χ1n) is 3.91. The van der Waals surface area contributed by atoms with E-state index in [-0.39, 0.29) is 5.91 Å². The number of nitrogens with two attached hydrogens (primary N) is 1. The molecule has 1 amide bonds. The summed E-state index contributed by atoms with van der Waals surface area (Å²) in [6.45, 7) is 2.29. The third-order valence-corrected chi connectivity index (χ3v) is 2.24. The molecule has 12 heavy (non-hydrogen) atoms. The molecular formula is C7H16N2O2S. The second-order valence-corrected chi connectivity index (χ2v) is 4.14. The monoisotopic (exact) mass is 192 g/mol. The van der Waals surface area contributed by atoms with Gasteiger partial charge >= 0.3 is 0 Å². The standard InChI is InChI=1S/C7H16N2O2S/c1-3-6(8)7(10)9-4-5-12(2)11/h6H,3-5,8H2,1-2H3,(H,9,10)/t6-,12?/m1/s1. The second-order valence-electron chi connectivity index (χ2n) is 2.58. The molecule has 0 radical (unpaired) electrons. The third kappa shape index (κ3) is 5.26. The Bertz CT molecular complexity index is 173. The second kappa shape index (κ2) is 6.14. The lowest BCUT2D eigenvalue weighted by Gasteiger charge is -2.08. The van der Waals surface area contributed by atoms with Crippen LogP contribution in [0.15, 0.2) is 0 Å². The van der Waals surface area contributed by atoms with Crippen LogP contribution in [0.2, 0.25) is 0 Å². The highest BCUT2D eigenvalue weighted by molar-refractivity contribution is 7.84. The van der Waals surface area contributed by atoms with E-state index in [1.807, 2.05) is 6.92 Å². The molecule has 2 atom stereocenters. The van der Waals surface area contributed by atoms with E-state index in [0.717, 1.165) is 0 Å². The molecule has 72 valence electrons. The Balaban J connectivity index is 3.50. The summed E-state index contributed by atoms with van der Waals surface area (Å²) < 4.78 is 10.6. The number of hydrogen-bond acceptors (Lipinski definition) is 3. The Morgan fingerprint density at radius 3 is 2.67 bits per heavy atom. The predicted molar refractivity (Wildman–Crippen MR) is 50.2 cm³/mol. The Morgan fingerprint density at radius 1 is 1.67 bits per heavy atom. The molecule has 0 rings (SSSR count). The highest BCUT2D eigenvalue weighted by atomic mass is 32.2. The van der Waals surface area contributed by atoms with Crippen molar-refractivity contribution in [3.8, 4) is 0 Å². The van der Waals surface area contributed by atoms with E-state index in [1.165, 1.54) is 0 Å². The van der Waals surface area contributed by atoms with Crippen molar-refractivity contribution in [1.82, 2.24) is 5.32 Å². The van der Waals surface area contributed by atoms with E-state index in [2.05, 4.69) is 5.32 Å². The van der Waals surface area contributed by atoms with Gasteiger partial charge in [-0.2, -0.15) is 0 Å². The summed E-state index contributed by atoms with van der Waals surface area (Å²) in [7, 11) is -0.853. The maximum absolute atomic E-state index is 11.0. The van der Waals surface area contributed by atoms with Crippen LogP contribution in [0, 0.1) is 0 Å². The average molecular weight is 192 g/mol. The molecule has 0 fully saturated rings. The number of carbonyl (C=O) groups is 1. The summed E-state index contributed by atoms with van der Waals surface area (Å²) in [4.78, 5) is 11.0. The lowest BCUT2D eigenvalue weighted by molar-refractivity contribution is -0.122. The fourth-order valence-corrected chi connectivity index (χ4v) is 1.02. The molecule has 0 saturated carbocycles. The average Bonchev–Trinajstić information content (AvgIpc) is 2.02. The van der Waals surface area contributed by atoms with Crippen LogP contribution in [0.3, 0.4) is 0 Å². The molecule has 1 unspecified atom stereocenters. The van der Waals surface area contributed by atoms with Crippen molar-refractivity contribution in [1.29, 1.82) is 0 Å². The molecule has 0 saturated heterocycles. The minimum absolute atomic E-state index is 0.164. The highest BCUT2D eigenvalue weighted by Crippen LogP contribution is 1.84. The van der Waals surface area contributed by atoms with E-state index < -0.39 is 16.8 Å². The Labute approximate surface area is 75.4 Å². The maximum Gasteiger partial charge on any atom is 0.236 e. The molecule has 0 aliphatic carbocycles. The number of hydrogen-bond donors (Lipinski definition) is 2. The molecule has 4 nitrogen and oxygen atoms in total. The van der Waals surface area contributed by atoms with Crippen LogP contribution in [0.5, 0.6) is 0 Å². The molecule has 0 aromatic rings. The smallest absolute Gasteiger partial charge is 0.236 e. The van der Waals surface area contributed by atoms with E-state index in [4.69, 9.17) is 5.73 Å². The van der Waals surface area contributed by atoms with E-state index in [9.17, 15) is 9.00 Å². The van der Waals surface area contributed by atoms with Crippen molar-refractivity contribution in [3.63, 3.8) is 0 Å². The zero-order valence-electron chi connectivity index (χ0n) is 7.50. The third-order valence-electron chi connectivity index (χ3n) is 1.47. The van der Waals surface area contributed by atoms with E-state index in [1.54, 1.807) is 6.26 Å². The van der Waals surface area contributed by atoms with Gasteiger partial charge in [0.05, 0.1) is 6.04 Å². The van der Waals surface area contributed by atoms with Gasteiger partial charge in [-0.1, -0.05) is 6.92 Å². The minimum atomic E-state index is -0.853. The summed E-state index contributed by atoms with van der Waals surface area (Å²) >= 11 is 0. The maximum atomic E-state index is 11.0. The molecule has 0 aromatic heterocycles. The van der Waals surface area contributed by atoms with Gasteiger partial charge in [-0.05, 0) is 6.42 Å². The minimum Gasteiger partial charge on any atom is -0.354 e. The summed E-state index contributed by atoms with van der Waals surface area (Å²) in [6, 6.07) is -0.435. The number of amides is 1. The van der Waals surface area contributed by atoms with Gasteiger partial charge in [0.2, 0.25) is 5.91 Å². The van der Waals surface area contributed by atoms with Crippen LogP contribution in [0.1, 0.15) is 13.3 Å². The van der Waals surface area contributed by atoms with Gasteiger partial charge in [-0.25, -0.2) is 0 Å². The van der Waals surface area contributed by atoms with Crippen molar-refractivity contribution >= 4 is 16.7 Å². The molecule has 3 N–H and O–H groups in total. The summed E-state index contributed by atoms with van der Waals surface area (Å²) in [5.41, 5.74) is 5.45. The van der Waals surface area contributed by atoms with Gasteiger partial charge in [-0.15, -0.1) is 0 Å². The van der Waals surface area contributed by atoms with Gasteiger partial charge in [0.1, 0.15) is 0 Å². The number of rotatable bonds is 5. The molecular weight excluding hydrogens is 176 g/mol. The topological polar surface area (TPSA) is 72.2 Å². The van der Waals surface area contributed by atoms with Gasteiger partial charge in [-0.3, -0.25) is 9.00 Å². The summed E-state index contributed by atoms with van der Waals surface area (Å²) in [6.07, 6.45) is 2.23. The lowest BCUT2D eigenvalue weighted by Crippen LogP contribution is -2.41. The van der Waals surface area contributed by atoms with Crippen LogP contribution >= 0.6 is 0 Å². The van der Waals surface area contributed by atoms with Crippen molar-refractivity contribution in [2.45, 2.75) is 19.4 Å². The van der Waals surface area contributed by atoms with Gasteiger partial charge < -0.3 is 11.1 Å². The number of carbonyl (C=O) groups excluding carboxylic acids is 1. The normalized spacial score (nSPS) is 15.2. The molecule has 0 heterocycles. The summed E-state index contributed by atoms with van der Waals surface area (Å²) in [5, 5.41) is 2.61. The first kappa shape index (κ1) is 11.6. The first-order valence-corrected chi connectivity index (χ1v) is 5.64. The fourth-order valence-electron chi connectivity index (χ4n) is 0.634. The Morgan fingerprint density at radius 2 is 2.25 bits per heavy atom. The quantitative estimate of drug-likeness (QED) is 0.600. The van der Waals surface area contributed by atoms with Crippen LogP contribution in [0.4, 0.5) is 0 Å². The van der Waals surface area contributed by atoms with E-state index in [0.29, 0.717) is 18.7 Å². The van der Waals surface area contributed by atoms with E-state index >= 15 is 0 Å². The summed E-state index contributed by atoms with van der Waals surface area (Å²) in [5.74, 6) is 0.324. The molecule has 5 heteroatoms. The molecule has 0 aromatic carbocycles. The van der Waals surface area contributed by atoms with Crippen LogP contribution < -0.4 is 11.1 Å². The molecule has 0 bridgehead atoms.